The van der Waals surface area contributed by atoms with Crippen LogP contribution in [0.4, 0.5) is 5.95 Å². The zero-order chi connectivity index (χ0) is 19.7. The maximum Gasteiger partial charge on any atom is 0.417 e. The van der Waals surface area contributed by atoms with Crippen LogP contribution in [0.3, 0.4) is 0 Å². The van der Waals surface area contributed by atoms with Crippen LogP contribution < -0.4 is 15.4 Å². The zero-order valence-electron chi connectivity index (χ0n) is 15.4. The fourth-order valence-electron chi connectivity index (χ4n) is 3.29. The Bertz CT molecular complexity index is 1160. The lowest BCUT2D eigenvalue weighted by Gasteiger charge is -2.27. The van der Waals surface area contributed by atoms with Crippen molar-refractivity contribution in [2.24, 2.45) is 0 Å². The van der Waals surface area contributed by atoms with Gasteiger partial charge in [0, 0.05) is 18.8 Å². The average molecular weight is 403 g/mol. The van der Waals surface area contributed by atoms with E-state index in [4.69, 9.17) is 4.42 Å². The summed E-state index contributed by atoms with van der Waals surface area (Å²) in [5.41, 5.74) is 2.04. The minimum Gasteiger partial charge on any atom is -0.408 e. The van der Waals surface area contributed by atoms with E-state index in [2.05, 4.69) is 24.6 Å². The molecule has 28 heavy (non-hydrogen) atoms. The smallest absolute Gasteiger partial charge is 0.408 e. The van der Waals surface area contributed by atoms with Crippen molar-refractivity contribution in [2.45, 2.75) is 37.6 Å². The zero-order valence-corrected chi connectivity index (χ0v) is 16.3. The number of fused-ring (bicyclic) bond motifs is 1. The summed E-state index contributed by atoms with van der Waals surface area (Å²) < 4.78 is 32.7. The van der Waals surface area contributed by atoms with Gasteiger partial charge in [-0.25, -0.2) is 27.9 Å². The second-order valence-corrected chi connectivity index (χ2v) is 8.61. The Morgan fingerprint density at radius 2 is 1.96 bits per heavy atom. The van der Waals surface area contributed by atoms with Crippen LogP contribution in [0, 0.1) is 6.92 Å². The van der Waals surface area contributed by atoms with Crippen LogP contribution >= 0.6 is 0 Å². The van der Waals surface area contributed by atoms with Gasteiger partial charge in [-0.2, -0.15) is 0 Å². The van der Waals surface area contributed by atoms with E-state index in [9.17, 15) is 13.2 Å². The summed E-state index contributed by atoms with van der Waals surface area (Å²) in [5, 5.41) is 0. The van der Waals surface area contributed by atoms with Crippen LogP contribution in [0.15, 0.2) is 38.4 Å². The third kappa shape index (κ3) is 3.92. The van der Waals surface area contributed by atoms with E-state index in [1.54, 1.807) is 6.07 Å². The molecular formula is C18H21N5O4S. The number of nitrogens with one attached hydrogen (secondary N) is 2. The van der Waals surface area contributed by atoms with Crippen molar-refractivity contribution in [1.82, 2.24) is 19.7 Å². The van der Waals surface area contributed by atoms with Gasteiger partial charge in [0.1, 0.15) is 0 Å². The van der Waals surface area contributed by atoms with Crippen molar-refractivity contribution in [1.29, 1.82) is 0 Å². The molecule has 0 unspecified atom stereocenters. The van der Waals surface area contributed by atoms with Crippen molar-refractivity contribution in [3.05, 3.63) is 46.2 Å². The number of rotatable bonds is 5. The van der Waals surface area contributed by atoms with E-state index in [0.29, 0.717) is 22.7 Å². The Labute approximate surface area is 161 Å². The van der Waals surface area contributed by atoms with Crippen LogP contribution in [-0.2, 0) is 16.6 Å². The van der Waals surface area contributed by atoms with Gasteiger partial charge in [0.15, 0.2) is 5.58 Å². The summed E-state index contributed by atoms with van der Waals surface area (Å²) >= 11 is 0. The topological polar surface area (TPSA) is 121 Å². The second kappa shape index (κ2) is 7.36. The third-order valence-corrected chi connectivity index (χ3v) is 6.08. The van der Waals surface area contributed by atoms with Crippen molar-refractivity contribution in [3.8, 4) is 0 Å². The maximum atomic E-state index is 12.6. The number of H-pyrrole nitrogens is 1. The van der Waals surface area contributed by atoms with Gasteiger partial charge in [-0.3, -0.25) is 4.98 Å². The lowest BCUT2D eigenvalue weighted by molar-refractivity contribution is 0.555. The lowest BCUT2D eigenvalue weighted by Crippen LogP contribution is -2.32. The summed E-state index contributed by atoms with van der Waals surface area (Å²) in [7, 11) is -3.78. The van der Waals surface area contributed by atoms with Gasteiger partial charge in [-0.05, 0) is 50.5 Å². The normalized spacial score (nSPS) is 15.2. The Morgan fingerprint density at radius 3 is 2.75 bits per heavy atom. The fraction of sp³-hybridized carbons (Fsp3) is 0.389. The first-order valence-electron chi connectivity index (χ1n) is 9.13. The number of sulfonamides is 1. The largest absolute Gasteiger partial charge is 0.417 e. The molecule has 0 spiro atoms. The summed E-state index contributed by atoms with van der Waals surface area (Å²) in [5.74, 6) is 0.0190. The quantitative estimate of drug-likeness (QED) is 0.665. The van der Waals surface area contributed by atoms with Crippen LogP contribution in [0.1, 0.15) is 30.7 Å². The number of hydrogen-bond acceptors (Lipinski definition) is 7. The number of aromatic amines is 1. The predicted octanol–water partition coefficient (Wildman–Crippen LogP) is 1.69. The highest BCUT2D eigenvalue weighted by Gasteiger charge is 2.18. The highest BCUT2D eigenvalue weighted by atomic mass is 32.2. The molecule has 0 radical (unpaired) electrons. The Kier molecular flexibility index (Phi) is 4.90. The molecule has 0 bridgehead atoms. The van der Waals surface area contributed by atoms with E-state index < -0.39 is 15.8 Å². The first-order chi connectivity index (χ1) is 13.4. The standard InChI is InChI=1S/C18H21N5O4S/c1-12-9-13(21-17(20-12)23-7-3-2-4-8-23)11-19-28(25,26)14-5-6-16-15(10-14)22-18(24)27-16/h5-6,9-10,19H,2-4,7-8,11H2,1H3,(H,22,24). The molecule has 2 aromatic heterocycles. The number of aromatic nitrogens is 3. The lowest BCUT2D eigenvalue weighted by atomic mass is 10.1. The van der Waals surface area contributed by atoms with Crippen molar-refractivity contribution < 1.29 is 12.8 Å². The molecular weight excluding hydrogens is 382 g/mol. The van der Waals surface area contributed by atoms with Crippen molar-refractivity contribution in [3.63, 3.8) is 0 Å². The first-order valence-corrected chi connectivity index (χ1v) is 10.6. The number of hydrogen-bond donors (Lipinski definition) is 2. The molecule has 4 rings (SSSR count). The minimum absolute atomic E-state index is 0.0408. The maximum absolute atomic E-state index is 12.6. The number of piperidine rings is 1. The number of anilines is 1. The molecule has 1 aliphatic rings. The second-order valence-electron chi connectivity index (χ2n) is 6.85. The molecule has 1 aliphatic heterocycles. The van der Waals surface area contributed by atoms with Gasteiger partial charge in [0.25, 0.3) is 0 Å². The molecule has 148 valence electrons. The van der Waals surface area contributed by atoms with Crippen LogP contribution in [0.5, 0.6) is 0 Å². The van der Waals surface area contributed by atoms with Crippen LogP contribution in [0.2, 0.25) is 0 Å². The van der Waals surface area contributed by atoms with E-state index in [1.807, 2.05) is 6.92 Å². The van der Waals surface area contributed by atoms with Gasteiger partial charge in [0.2, 0.25) is 16.0 Å². The Morgan fingerprint density at radius 1 is 1.18 bits per heavy atom. The number of benzene rings is 1. The van der Waals surface area contributed by atoms with Crippen LogP contribution in [-0.4, -0.2) is 36.5 Å². The molecule has 3 aromatic rings. The number of aryl methyl sites for hydroxylation is 1. The van der Waals surface area contributed by atoms with Crippen LogP contribution in [0.25, 0.3) is 11.1 Å². The highest BCUT2D eigenvalue weighted by molar-refractivity contribution is 7.89. The highest BCUT2D eigenvalue weighted by Crippen LogP contribution is 2.18. The van der Waals surface area contributed by atoms with Crippen molar-refractivity contribution >= 4 is 27.1 Å². The van der Waals surface area contributed by atoms with Gasteiger partial charge in [-0.1, -0.05) is 0 Å². The van der Waals surface area contributed by atoms with E-state index >= 15 is 0 Å². The van der Waals surface area contributed by atoms with E-state index in [0.717, 1.165) is 31.6 Å². The van der Waals surface area contributed by atoms with Gasteiger partial charge in [0.05, 0.1) is 22.7 Å². The Hall–Kier alpha value is -2.72. The van der Waals surface area contributed by atoms with Gasteiger partial charge >= 0.3 is 5.76 Å². The number of nitrogens with zero attached hydrogens (tertiary/aromatic N) is 3. The monoisotopic (exact) mass is 403 g/mol. The molecule has 1 fully saturated rings. The van der Waals surface area contributed by atoms with Crippen molar-refractivity contribution in [2.75, 3.05) is 18.0 Å². The van der Waals surface area contributed by atoms with E-state index in [1.165, 1.54) is 24.6 Å². The average Bonchev–Trinajstić information content (AvgIpc) is 3.06. The molecule has 1 aromatic carbocycles. The fourth-order valence-corrected chi connectivity index (χ4v) is 4.32. The molecule has 3 heterocycles. The minimum atomic E-state index is -3.78. The summed E-state index contributed by atoms with van der Waals surface area (Å²) in [6.45, 7) is 3.75. The molecule has 2 N–H and O–H groups in total. The summed E-state index contributed by atoms with van der Waals surface area (Å²) in [6.07, 6.45) is 3.43. The molecule has 0 amide bonds. The SMILES string of the molecule is Cc1cc(CNS(=O)(=O)c2ccc3oc(=O)[nH]c3c2)nc(N2CCCCC2)n1. The van der Waals surface area contributed by atoms with E-state index in [-0.39, 0.29) is 11.4 Å². The predicted molar refractivity (Wildman–Crippen MR) is 104 cm³/mol. The van der Waals surface area contributed by atoms with Gasteiger partial charge < -0.3 is 9.32 Å². The molecule has 1 saturated heterocycles. The van der Waals surface area contributed by atoms with Gasteiger partial charge in [-0.15, -0.1) is 0 Å². The molecule has 0 saturated carbocycles. The molecule has 10 heteroatoms. The summed E-state index contributed by atoms with van der Waals surface area (Å²) in [6, 6.07) is 5.98. The molecule has 9 nitrogen and oxygen atoms in total. The Balaban J connectivity index is 1.53. The third-order valence-electron chi connectivity index (χ3n) is 4.68. The summed E-state index contributed by atoms with van der Waals surface area (Å²) in [4.78, 5) is 24.9. The molecule has 0 aliphatic carbocycles. The number of oxazole rings is 1. The molecule has 0 atom stereocenters. The first kappa shape index (κ1) is 18.6.